The third-order valence-corrected chi connectivity index (χ3v) is 3.38. The van der Waals surface area contributed by atoms with Gasteiger partial charge in [-0.3, -0.25) is 9.78 Å². The van der Waals surface area contributed by atoms with E-state index in [4.69, 9.17) is 5.73 Å². The van der Waals surface area contributed by atoms with Crippen molar-refractivity contribution in [3.05, 3.63) is 72.1 Å². The molecule has 2 aromatic carbocycles. The van der Waals surface area contributed by atoms with Gasteiger partial charge in [0, 0.05) is 41.0 Å². The summed E-state index contributed by atoms with van der Waals surface area (Å²) in [5, 5.41) is 5.60. The van der Waals surface area contributed by atoms with Gasteiger partial charge in [-0.1, -0.05) is 24.3 Å². The number of carbonyl (C=O) groups excluding carboxylic acids is 1. The van der Waals surface area contributed by atoms with E-state index in [1.165, 1.54) is 0 Å². The van der Waals surface area contributed by atoms with Crippen LogP contribution < -0.4 is 11.1 Å². The molecule has 0 aliphatic carbocycles. The number of nitrogens with zero attached hydrogens (tertiary/aromatic N) is 1. The maximum absolute atomic E-state index is 11.2. The van der Waals surface area contributed by atoms with Crippen LogP contribution in [0.1, 0.15) is 15.9 Å². The highest BCUT2D eigenvalue weighted by atomic mass is 16.1. The summed E-state index contributed by atoms with van der Waals surface area (Å²) in [4.78, 5) is 15.3. The zero-order chi connectivity index (χ0) is 14.7. The van der Waals surface area contributed by atoms with Crippen LogP contribution in [0.3, 0.4) is 0 Å². The third-order valence-electron chi connectivity index (χ3n) is 3.38. The van der Waals surface area contributed by atoms with Gasteiger partial charge in [-0.25, -0.2) is 0 Å². The molecule has 0 bridgehead atoms. The maximum atomic E-state index is 11.2. The van der Waals surface area contributed by atoms with Crippen molar-refractivity contribution in [3.63, 3.8) is 0 Å². The molecule has 3 N–H and O–H groups in total. The van der Waals surface area contributed by atoms with E-state index in [0.29, 0.717) is 12.1 Å². The number of anilines is 1. The second kappa shape index (κ2) is 5.63. The number of amides is 1. The van der Waals surface area contributed by atoms with Crippen LogP contribution >= 0.6 is 0 Å². The van der Waals surface area contributed by atoms with E-state index in [-0.39, 0.29) is 0 Å². The summed E-state index contributed by atoms with van der Waals surface area (Å²) in [6.07, 6.45) is 3.62. The molecular weight excluding hydrogens is 262 g/mol. The zero-order valence-electron chi connectivity index (χ0n) is 11.4. The average Bonchev–Trinajstić information content (AvgIpc) is 2.53. The predicted molar refractivity (Wildman–Crippen MR) is 84.0 cm³/mol. The average molecular weight is 277 g/mol. The van der Waals surface area contributed by atoms with Crippen LogP contribution in [0, 0.1) is 0 Å². The lowest BCUT2D eigenvalue weighted by molar-refractivity contribution is 0.1000. The molecule has 0 radical (unpaired) electrons. The van der Waals surface area contributed by atoms with E-state index in [9.17, 15) is 4.79 Å². The van der Waals surface area contributed by atoms with Crippen LogP contribution in [0.15, 0.2) is 60.9 Å². The first-order valence-electron chi connectivity index (χ1n) is 6.69. The quantitative estimate of drug-likeness (QED) is 0.770. The summed E-state index contributed by atoms with van der Waals surface area (Å²) in [5.41, 5.74) is 7.88. The van der Waals surface area contributed by atoms with Gasteiger partial charge in [-0.15, -0.1) is 0 Å². The van der Waals surface area contributed by atoms with Gasteiger partial charge in [0.25, 0.3) is 0 Å². The molecule has 1 aromatic heterocycles. The Labute approximate surface area is 122 Å². The molecule has 0 unspecified atom stereocenters. The lowest BCUT2D eigenvalue weighted by atomic mass is 10.1. The predicted octanol–water partition coefficient (Wildman–Crippen LogP) is 2.95. The van der Waals surface area contributed by atoms with Gasteiger partial charge in [0.2, 0.25) is 5.91 Å². The lowest BCUT2D eigenvalue weighted by Crippen LogP contribution is -2.11. The Hall–Kier alpha value is -2.88. The number of nitrogens with two attached hydrogens (primary N) is 1. The molecule has 0 fully saturated rings. The fourth-order valence-electron chi connectivity index (χ4n) is 2.31. The van der Waals surface area contributed by atoms with Crippen molar-refractivity contribution in [2.45, 2.75) is 6.54 Å². The van der Waals surface area contributed by atoms with E-state index >= 15 is 0 Å². The van der Waals surface area contributed by atoms with E-state index < -0.39 is 5.91 Å². The van der Waals surface area contributed by atoms with Crippen molar-refractivity contribution in [3.8, 4) is 0 Å². The summed E-state index contributed by atoms with van der Waals surface area (Å²) in [5.74, 6) is -0.409. The SMILES string of the molecule is NC(=O)c1cccc(CNc2cccc3cnccc23)c1. The molecule has 3 rings (SSSR count). The van der Waals surface area contributed by atoms with Gasteiger partial charge in [0.15, 0.2) is 0 Å². The number of nitrogens with one attached hydrogen (secondary N) is 1. The second-order valence-corrected chi connectivity index (χ2v) is 4.82. The lowest BCUT2D eigenvalue weighted by Gasteiger charge is -2.10. The number of rotatable bonds is 4. The number of hydrogen-bond acceptors (Lipinski definition) is 3. The largest absolute Gasteiger partial charge is 0.380 e. The van der Waals surface area contributed by atoms with Crippen LogP contribution in [0.2, 0.25) is 0 Å². The van der Waals surface area contributed by atoms with Gasteiger partial charge in [-0.2, -0.15) is 0 Å². The normalized spacial score (nSPS) is 10.5. The summed E-state index contributed by atoms with van der Waals surface area (Å²) in [6, 6.07) is 15.4. The molecule has 21 heavy (non-hydrogen) atoms. The van der Waals surface area contributed by atoms with Crippen LogP contribution in [0.5, 0.6) is 0 Å². The minimum Gasteiger partial charge on any atom is -0.380 e. The summed E-state index contributed by atoms with van der Waals surface area (Å²) < 4.78 is 0. The Morgan fingerprint density at radius 3 is 2.86 bits per heavy atom. The Kier molecular flexibility index (Phi) is 3.51. The highest BCUT2D eigenvalue weighted by Gasteiger charge is 2.03. The molecule has 0 atom stereocenters. The molecule has 3 aromatic rings. The standard InChI is InChI=1S/C17H15N3O/c18-17(21)13-4-1-3-12(9-13)10-20-16-6-2-5-14-11-19-8-7-15(14)16/h1-9,11,20H,10H2,(H2,18,21). The van der Waals surface area contributed by atoms with Gasteiger partial charge in [0.1, 0.15) is 0 Å². The fraction of sp³-hybridized carbons (Fsp3) is 0.0588. The van der Waals surface area contributed by atoms with Crippen molar-refractivity contribution in [1.29, 1.82) is 0 Å². The van der Waals surface area contributed by atoms with Crippen molar-refractivity contribution in [2.24, 2.45) is 5.73 Å². The number of hydrogen-bond donors (Lipinski definition) is 2. The van der Waals surface area contributed by atoms with Crippen LogP contribution in [-0.4, -0.2) is 10.9 Å². The highest BCUT2D eigenvalue weighted by molar-refractivity contribution is 5.94. The zero-order valence-corrected chi connectivity index (χ0v) is 11.4. The van der Waals surface area contributed by atoms with Crippen molar-refractivity contribution in [2.75, 3.05) is 5.32 Å². The van der Waals surface area contributed by atoms with Crippen molar-refractivity contribution >= 4 is 22.4 Å². The van der Waals surface area contributed by atoms with E-state index in [1.807, 2.05) is 48.7 Å². The van der Waals surface area contributed by atoms with Gasteiger partial charge < -0.3 is 11.1 Å². The second-order valence-electron chi connectivity index (χ2n) is 4.82. The highest BCUT2D eigenvalue weighted by Crippen LogP contribution is 2.22. The Bertz CT molecular complexity index is 793. The van der Waals surface area contributed by atoms with Crippen LogP contribution in [-0.2, 0) is 6.54 Å². The first-order valence-corrected chi connectivity index (χ1v) is 6.69. The molecule has 104 valence electrons. The molecule has 4 heteroatoms. The fourth-order valence-corrected chi connectivity index (χ4v) is 2.31. The van der Waals surface area contributed by atoms with Crippen molar-refractivity contribution < 1.29 is 4.79 Å². The molecule has 1 amide bonds. The minimum atomic E-state index is -0.409. The molecule has 1 heterocycles. The molecule has 4 nitrogen and oxygen atoms in total. The van der Waals surface area contributed by atoms with Gasteiger partial charge in [0.05, 0.1) is 0 Å². The van der Waals surface area contributed by atoms with E-state index in [2.05, 4.69) is 10.3 Å². The third kappa shape index (κ3) is 2.84. The smallest absolute Gasteiger partial charge is 0.248 e. The molecule has 0 aliphatic heterocycles. The molecule has 0 spiro atoms. The summed E-state index contributed by atoms with van der Waals surface area (Å²) >= 11 is 0. The number of fused-ring (bicyclic) bond motifs is 1. The van der Waals surface area contributed by atoms with Gasteiger partial charge in [-0.05, 0) is 29.8 Å². The molecule has 0 aliphatic rings. The first-order chi connectivity index (χ1) is 10.2. The molecule has 0 saturated carbocycles. The first kappa shape index (κ1) is 13.1. The topological polar surface area (TPSA) is 68.0 Å². The minimum absolute atomic E-state index is 0.409. The molecule has 0 saturated heterocycles. The number of benzene rings is 2. The van der Waals surface area contributed by atoms with Crippen LogP contribution in [0.25, 0.3) is 10.8 Å². The maximum Gasteiger partial charge on any atom is 0.248 e. The summed E-state index contributed by atoms with van der Waals surface area (Å²) in [6.45, 7) is 0.628. The Morgan fingerprint density at radius 1 is 1.14 bits per heavy atom. The number of aromatic nitrogens is 1. The Morgan fingerprint density at radius 2 is 2.00 bits per heavy atom. The van der Waals surface area contributed by atoms with Gasteiger partial charge >= 0.3 is 0 Å². The monoisotopic (exact) mass is 277 g/mol. The number of carbonyl (C=O) groups is 1. The summed E-state index contributed by atoms with van der Waals surface area (Å²) in [7, 11) is 0. The van der Waals surface area contributed by atoms with Crippen molar-refractivity contribution in [1.82, 2.24) is 4.98 Å². The van der Waals surface area contributed by atoms with Crippen LogP contribution in [0.4, 0.5) is 5.69 Å². The van der Waals surface area contributed by atoms with E-state index in [0.717, 1.165) is 22.0 Å². The Balaban J connectivity index is 1.84. The molecular formula is C17H15N3O. The number of primary amides is 1. The number of pyridine rings is 1. The van der Waals surface area contributed by atoms with E-state index in [1.54, 1.807) is 12.3 Å².